The Balaban J connectivity index is 0. The first-order valence-corrected chi connectivity index (χ1v) is 10.2. The number of aliphatic hydroxyl groups excluding tert-OH is 1. The molecule has 0 unspecified atom stereocenters. The minimum atomic E-state index is -1.60. The van der Waals surface area contributed by atoms with Crippen LogP contribution in [0.5, 0.6) is 0 Å². The molecule has 0 heterocycles. The molecule has 0 saturated heterocycles. The van der Waals surface area contributed by atoms with Crippen LogP contribution in [-0.4, -0.2) is 67.9 Å². The molecule has 0 bridgehead atoms. The molecule has 0 spiro atoms. The first kappa shape index (κ1) is 27.1. The van der Waals surface area contributed by atoms with Gasteiger partial charge in [0.2, 0.25) is 0 Å². The highest BCUT2D eigenvalue weighted by Crippen LogP contribution is 2.11. The number of aliphatic hydroxyl groups is 1. The largest absolute Gasteiger partial charge is 0.633 e. The zero-order valence-corrected chi connectivity index (χ0v) is 17.4. The number of likely N-dealkylation sites (N-methyl/N-ethyl adjacent to an activating group) is 1. The van der Waals surface area contributed by atoms with Gasteiger partial charge in [-0.3, -0.25) is 0 Å². The molecule has 0 saturated carbocycles. The molecule has 152 valence electrons. The lowest BCUT2D eigenvalue weighted by Gasteiger charge is -2.21. The normalized spacial score (nSPS) is 11.2. The fraction of sp³-hybridized carbons (Fsp3) is 1.00. The van der Waals surface area contributed by atoms with Gasteiger partial charge in [0.05, 0.1) is 27.7 Å². The van der Waals surface area contributed by atoms with Gasteiger partial charge in [-0.1, -0.05) is 77.6 Å². The topological polar surface area (TPSA) is 69.9 Å². The molecule has 25 heavy (non-hydrogen) atoms. The summed E-state index contributed by atoms with van der Waals surface area (Å²) in [5, 5.41) is 25.3. The van der Waals surface area contributed by atoms with Crippen LogP contribution in [0.2, 0.25) is 0 Å². The zero-order chi connectivity index (χ0) is 19.4. The molecule has 6 heteroatoms. The number of nitrogens with zero attached hydrogens (tertiary/aromatic N) is 1. The van der Waals surface area contributed by atoms with E-state index in [1.807, 2.05) is 0 Å². The van der Waals surface area contributed by atoms with Gasteiger partial charge in [0, 0.05) is 6.61 Å². The van der Waals surface area contributed by atoms with Gasteiger partial charge in [0.1, 0.15) is 6.54 Å². The number of hydrogen-bond acceptors (Lipinski definition) is 4. The minimum absolute atomic E-state index is 0.281. The van der Waals surface area contributed by atoms with Crippen LogP contribution in [0.3, 0.4) is 0 Å². The summed E-state index contributed by atoms with van der Waals surface area (Å²) < 4.78 is 5.49. The molecule has 0 aliphatic heterocycles. The molecule has 0 atom stereocenters. The van der Waals surface area contributed by atoms with Gasteiger partial charge in [-0.2, -0.15) is 0 Å². The second-order valence-electron chi connectivity index (χ2n) is 7.82. The zero-order valence-electron chi connectivity index (χ0n) is 17.4. The highest BCUT2D eigenvalue weighted by atomic mass is 16.6. The van der Waals surface area contributed by atoms with E-state index in [-0.39, 0.29) is 6.61 Å². The Morgan fingerprint density at radius 2 is 1.12 bits per heavy atom. The summed E-state index contributed by atoms with van der Waals surface area (Å²) >= 11 is 0. The van der Waals surface area contributed by atoms with Gasteiger partial charge < -0.3 is 24.3 Å². The molecule has 0 fully saturated rings. The van der Waals surface area contributed by atoms with E-state index in [1.165, 1.54) is 64.2 Å². The maximum atomic E-state index is 8.46. The van der Waals surface area contributed by atoms with Gasteiger partial charge >= 0.3 is 7.32 Å². The van der Waals surface area contributed by atoms with Gasteiger partial charge in [-0.05, 0) is 6.42 Å². The van der Waals surface area contributed by atoms with Crippen LogP contribution >= 0.6 is 0 Å². The number of quaternary nitrogens is 1. The Hall–Kier alpha value is -0.135. The fourth-order valence-corrected chi connectivity index (χ4v) is 2.43. The van der Waals surface area contributed by atoms with E-state index in [2.05, 4.69) is 32.7 Å². The molecule has 0 aromatic carbocycles. The van der Waals surface area contributed by atoms with Crippen LogP contribution in [0.25, 0.3) is 0 Å². The molecule has 0 aromatic heterocycles. The van der Waals surface area contributed by atoms with Crippen molar-refractivity contribution in [3.8, 4) is 0 Å². The van der Waals surface area contributed by atoms with E-state index in [0.717, 1.165) is 23.9 Å². The van der Waals surface area contributed by atoms with Gasteiger partial charge in [-0.25, -0.2) is 0 Å². The third kappa shape index (κ3) is 32.1. The molecular formula is C19H45BNO4+. The Morgan fingerprint density at radius 1 is 0.720 bits per heavy atom. The SMILES string of the molecule is CCCCCCCCCCCCCCOB(O)O.C[N+](C)(C)CCO. The Morgan fingerprint density at radius 3 is 1.40 bits per heavy atom. The lowest BCUT2D eigenvalue weighted by atomic mass is 10.1. The lowest BCUT2D eigenvalue weighted by molar-refractivity contribution is -0.870. The van der Waals surface area contributed by atoms with Crippen LogP contribution < -0.4 is 0 Å². The van der Waals surface area contributed by atoms with E-state index >= 15 is 0 Å². The monoisotopic (exact) mass is 362 g/mol. The Labute approximate surface area is 157 Å². The van der Waals surface area contributed by atoms with Crippen molar-refractivity contribution in [2.45, 2.75) is 84.0 Å². The maximum Gasteiger partial charge on any atom is 0.633 e. The highest BCUT2D eigenvalue weighted by Gasteiger charge is 2.06. The average molecular weight is 362 g/mol. The van der Waals surface area contributed by atoms with Crippen LogP contribution in [-0.2, 0) is 4.65 Å². The summed E-state index contributed by atoms with van der Waals surface area (Å²) in [6.45, 7) is 3.82. The van der Waals surface area contributed by atoms with Gasteiger partial charge in [-0.15, -0.1) is 0 Å². The minimum Gasteiger partial charge on any atom is -0.402 e. The predicted octanol–water partition coefficient (Wildman–Crippen LogP) is 3.36. The third-order valence-electron chi connectivity index (χ3n) is 4.04. The molecule has 0 amide bonds. The second kappa shape index (κ2) is 20.2. The first-order chi connectivity index (χ1) is 11.8. The third-order valence-corrected chi connectivity index (χ3v) is 4.04. The number of hydrogen-bond donors (Lipinski definition) is 3. The van der Waals surface area contributed by atoms with Gasteiger partial charge in [0.15, 0.2) is 0 Å². The average Bonchev–Trinajstić information content (AvgIpc) is 2.51. The first-order valence-electron chi connectivity index (χ1n) is 10.2. The molecule has 0 aliphatic rings. The molecule has 0 rings (SSSR count). The van der Waals surface area contributed by atoms with Gasteiger partial charge in [0.25, 0.3) is 0 Å². The van der Waals surface area contributed by atoms with Crippen molar-refractivity contribution in [2.75, 3.05) is 40.9 Å². The van der Waals surface area contributed by atoms with Crippen molar-refractivity contribution in [1.29, 1.82) is 0 Å². The van der Waals surface area contributed by atoms with E-state index in [1.54, 1.807) is 0 Å². The Bertz CT molecular complexity index is 248. The van der Waals surface area contributed by atoms with E-state index in [9.17, 15) is 0 Å². The second-order valence-corrected chi connectivity index (χ2v) is 7.82. The summed E-state index contributed by atoms with van der Waals surface area (Å²) in [6.07, 6.45) is 15.7. The van der Waals surface area contributed by atoms with Crippen molar-refractivity contribution in [3.63, 3.8) is 0 Å². The van der Waals surface area contributed by atoms with Crippen LogP contribution in [0.4, 0.5) is 0 Å². The standard InChI is InChI=1S/C14H31BO3.C5H14NO/c1-2-3-4-5-6-7-8-9-10-11-12-13-14-18-15(16)17;1-6(2,3)4-5-7/h16-17H,2-14H2,1H3;7H,4-5H2,1-3H3/q;+1. The fourth-order valence-electron chi connectivity index (χ4n) is 2.43. The summed E-state index contributed by atoms with van der Waals surface area (Å²) in [5.74, 6) is 0. The summed E-state index contributed by atoms with van der Waals surface area (Å²) in [5.41, 5.74) is 0. The molecule has 3 N–H and O–H groups in total. The Kier molecular flexibility index (Phi) is 21.9. The van der Waals surface area contributed by atoms with Crippen LogP contribution in [0, 0.1) is 0 Å². The van der Waals surface area contributed by atoms with Crippen molar-refractivity contribution >= 4 is 7.32 Å². The lowest BCUT2D eigenvalue weighted by Crippen LogP contribution is -2.36. The number of rotatable bonds is 16. The molecule has 5 nitrogen and oxygen atoms in total. The number of unbranched alkanes of at least 4 members (excludes halogenated alkanes) is 11. The summed E-state index contributed by atoms with van der Waals surface area (Å²) in [4.78, 5) is 0. The molecule has 0 aromatic rings. The van der Waals surface area contributed by atoms with E-state index in [0.29, 0.717) is 6.61 Å². The molecular weight excluding hydrogens is 317 g/mol. The maximum absolute atomic E-state index is 8.46. The van der Waals surface area contributed by atoms with Crippen molar-refractivity contribution in [1.82, 2.24) is 0 Å². The van der Waals surface area contributed by atoms with Crippen molar-refractivity contribution in [2.24, 2.45) is 0 Å². The molecule has 0 aliphatic carbocycles. The predicted molar refractivity (Wildman–Crippen MR) is 107 cm³/mol. The van der Waals surface area contributed by atoms with Crippen LogP contribution in [0.15, 0.2) is 0 Å². The summed E-state index contributed by atoms with van der Waals surface area (Å²) in [7, 11) is 4.56. The van der Waals surface area contributed by atoms with Crippen molar-refractivity contribution < 1.29 is 24.3 Å². The van der Waals surface area contributed by atoms with E-state index in [4.69, 9.17) is 15.2 Å². The van der Waals surface area contributed by atoms with E-state index < -0.39 is 7.32 Å². The van der Waals surface area contributed by atoms with Crippen LogP contribution in [0.1, 0.15) is 84.0 Å². The summed E-state index contributed by atoms with van der Waals surface area (Å²) in [6, 6.07) is 0. The smallest absolute Gasteiger partial charge is 0.402 e. The quantitative estimate of drug-likeness (QED) is 0.224. The molecule has 0 radical (unpaired) electrons. The van der Waals surface area contributed by atoms with Crippen molar-refractivity contribution in [3.05, 3.63) is 0 Å². The highest BCUT2D eigenvalue weighted by molar-refractivity contribution is 6.32.